The average molecular weight is 411 g/mol. The van der Waals surface area contributed by atoms with Gasteiger partial charge in [-0.3, -0.25) is 9.59 Å². The Kier molecular flexibility index (Phi) is 5.79. The summed E-state index contributed by atoms with van der Waals surface area (Å²) < 4.78 is 7.29. The Labute approximate surface area is 177 Å². The van der Waals surface area contributed by atoms with Crippen LogP contribution in [-0.2, 0) is 24.2 Å². The van der Waals surface area contributed by atoms with Crippen LogP contribution in [0.1, 0.15) is 60.3 Å². The molecule has 1 aromatic carbocycles. The Bertz CT molecular complexity index is 946. The monoisotopic (exact) mass is 410 g/mol. The van der Waals surface area contributed by atoms with E-state index in [0.717, 1.165) is 42.0 Å². The summed E-state index contributed by atoms with van der Waals surface area (Å²) >= 11 is 0. The minimum Gasteiger partial charge on any atom is -0.497 e. The van der Waals surface area contributed by atoms with Crippen molar-refractivity contribution in [2.24, 2.45) is 5.92 Å². The molecule has 1 fully saturated rings. The van der Waals surface area contributed by atoms with E-state index in [-0.39, 0.29) is 23.8 Å². The summed E-state index contributed by atoms with van der Waals surface area (Å²) in [5.41, 5.74) is 3.06. The van der Waals surface area contributed by atoms with Crippen LogP contribution in [0.25, 0.3) is 0 Å². The van der Waals surface area contributed by atoms with Crippen molar-refractivity contribution in [3.05, 3.63) is 47.0 Å². The van der Waals surface area contributed by atoms with Gasteiger partial charge in [-0.1, -0.05) is 12.1 Å². The third-order valence-corrected chi connectivity index (χ3v) is 5.84. The standard InChI is InChI=1S/C23H30N4O3/c1-15(2)27-20-10-12-26(23(29)17-7-8-17)14-19(20)25-21(27)22(28)24-11-9-16-5-4-6-18(13-16)30-3/h4-6,13,15,17H,7-12,14H2,1-3H3,(H,24,28). The van der Waals surface area contributed by atoms with Crippen LogP contribution in [0.5, 0.6) is 5.75 Å². The van der Waals surface area contributed by atoms with Gasteiger partial charge >= 0.3 is 0 Å². The fourth-order valence-corrected chi connectivity index (χ4v) is 4.13. The molecule has 1 saturated carbocycles. The van der Waals surface area contributed by atoms with Crippen LogP contribution in [-0.4, -0.2) is 46.5 Å². The highest BCUT2D eigenvalue weighted by Crippen LogP contribution is 2.33. The second kappa shape index (κ2) is 8.50. The Balaban J connectivity index is 1.45. The first-order chi connectivity index (χ1) is 14.5. The number of carbonyl (C=O) groups excluding carboxylic acids is 2. The average Bonchev–Trinajstić information content (AvgIpc) is 3.52. The lowest BCUT2D eigenvalue weighted by Crippen LogP contribution is -2.37. The number of benzene rings is 1. The molecule has 2 heterocycles. The SMILES string of the molecule is COc1cccc(CCNC(=O)c2nc3c(n2C(C)C)CCN(C(=O)C2CC2)C3)c1. The van der Waals surface area contributed by atoms with Gasteiger partial charge in [-0.2, -0.15) is 0 Å². The quantitative estimate of drug-likeness (QED) is 0.762. The summed E-state index contributed by atoms with van der Waals surface area (Å²) in [5, 5.41) is 3.01. The number of amides is 2. The van der Waals surface area contributed by atoms with Gasteiger partial charge in [0.15, 0.2) is 5.82 Å². The smallest absolute Gasteiger partial charge is 0.287 e. The highest BCUT2D eigenvalue weighted by atomic mass is 16.5. The summed E-state index contributed by atoms with van der Waals surface area (Å²) in [6.07, 6.45) is 3.47. The van der Waals surface area contributed by atoms with Crippen molar-refractivity contribution in [1.82, 2.24) is 19.8 Å². The first-order valence-corrected chi connectivity index (χ1v) is 10.8. The van der Waals surface area contributed by atoms with Crippen molar-refractivity contribution in [3.8, 4) is 5.75 Å². The topological polar surface area (TPSA) is 76.5 Å². The molecule has 2 aliphatic rings. The van der Waals surface area contributed by atoms with Gasteiger partial charge in [0.05, 0.1) is 19.3 Å². The van der Waals surface area contributed by atoms with E-state index >= 15 is 0 Å². The predicted octanol–water partition coefficient (Wildman–Crippen LogP) is 2.74. The number of fused-ring (bicyclic) bond motifs is 1. The van der Waals surface area contributed by atoms with Crippen molar-refractivity contribution in [1.29, 1.82) is 0 Å². The van der Waals surface area contributed by atoms with Gasteiger partial charge < -0.3 is 19.5 Å². The zero-order chi connectivity index (χ0) is 21.3. The van der Waals surface area contributed by atoms with Gasteiger partial charge in [0, 0.05) is 37.2 Å². The lowest BCUT2D eigenvalue weighted by atomic mass is 10.1. The number of nitrogens with zero attached hydrogens (tertiary/aromatic N) is 3. The van der Waals surface area contributed by atoms with E-state index < -0.39 is 0 Å². The largest absolute Gasteiger partial charge is 0.497 e. The molecule has 30 heavy (non-hydrogen) atoms. The van der Waals surface area contributed by atoms with Crippen molar-refractivity contribution >= 4 is 11.8 Å². The van der Waals surface area contributed by atoms with E-state index in [0.29, 0.717) is 31.9 Å². The van der Waals surface area contributed by atoms with Crippen molar-refractivity contribution in [2.45, 2.75) is 52.1 Å². The normalized spacial score (nSPS) is 15.8. The van der Waals surface area contributed by atoms with Crippen LogP contribution >= 0.6 is 0 Å². The highest BCUT2D eigenvalue weighted by Gasteiger charge is 2.36. The molecule has 2 amide bonds. The number of hydrogen-bond acceptors (Lipinski definition) is 4. The molecule has 0 atom stereocenters. The summed E-state index contributed by atoms with van der Waals surface area (Å²) in [4.78, 5) is 32.0. The third-order valence-electron chi connectivity index (χ3n) is 5.84. The summed E-state index contributed by atoms with van der Waals surface area (Å²) in [7, 11) is 1.65. The van der Waals surface area contributed by atoms with Crippen LogP contribution < -0.4 is 10.1 Å². The van der Waals surface area contributed by atoms with E-state index in [2.05, 4.69) is 24.1 Å². The number of aromatic nitrogens is 2. The van der Waals surface area contributed by atoms with E-state index in [1.165, 1.54) is 0 Å². The molecule has 1 aromatic heterocycles. The lowest BCUT2D eigenvalue weighted by molar-refractivity contribution is -0.133. The highest BCUT2D eigenvalue weighted by molar-refractivity contribution is 5.91. The maximum absolute atomic E-state index is 12.9. The molecular weight excluding hydrogens is 380 g/mol. The van der Waals surface area contributed by atoms with Crippen LogP contribution in [0.4, 0.5) is 0 Å². The number of imidazole rings is 1. The Morgan fingerprint density at radius 2 is 2.10 bits per heavy atom. The summed E-state index contributed by atoms with van der Waals surface area (Å²) in [6, 6.07) is 7.98. The zero-order valence-electron chi connectivity index (χ0n) is 18.0. The van der Waals surface area contributed by atoms with Crippen LogP contribution in [0, 0.1) is 5.92 Å². The maximum Gasteiger partial charge on any atom is 0.287 e. The second-order valence-corrected chi connectivity index (χ2v) is 8.43. The zero-order valence-corrected chi connectivity index (χ0v) is 18.0. The molecule has 0 radical (unpaired) electrons. The van der Waals surface area contributed by atoms with Gasteiger partial charge in [-0.05, 0) is 50.8 Å². The van der Waals surface area contributed by atoms with Crippen LogP contribution in [0.2, 0.25) is 0 Å². The first-order valence-electron chi connectivity index (χ1n) is 10.8. The van der Waals surface area contributed by atoms with Gasteiger partial charge in [0.25, 0.3) is 5.91 Å². The molecule has 1 aliphatic carbocycles. The molecule has 7 nitrogen and oxygen atoms in total. The van der Waals surface area contributed by atoms with E-state index in [1.807, 2.05) is 33.7 Å². The number of carbonyl (C=O) groups is 2. The molecule has 7 heteroatoms. The number of nitrogens with one attached hydrogen (secondary N) is 1. The van der Waals surface area contributed by atoms with Crippen molar-refractivity contribution in [2.75, 3.05) is 20.2 Å². The molecule has 2 aromatic rings. The number of hydrogen-bond donors (Lipinski definition) is 1. The summed E-state index contributed by atoms with van der Waals surface area (Å²) in [5.74, 6) is 1.54. The van der Waals surface area contributed by atoms with E-state index in [1.54, 1.807) is 7.11 Å². The van der Waals surface area contributed by atoms with Gasteiger partial charge in [-0.15, -0.1) is 0 Å². The fraction of sp³-hybridized carbons (Fsp3) is 0.522. The Morgan fingerprint density at radius 3 is 2.80 bits per heavy atom. The molecule has 0 bridgehead atoms. The maximum atomic E-state index is 12.9. The molecule has 1 aliphatic heterocycles. The molecule has 4 rings (SSSR count). The Morgan fingerprint density at radius 1 is 1.30 bits per heavy atom. The summed E-state index contributed by atoms with van der Waals surface area (Å²) in [6.45, 7) is 5.87. The Hall–Kier alpha value is -2.83. The minimum absolute atomic E-state index is 0.131. The number of methoxy groups -OCH3 is 1. The molecule has 1 N–H and O–H groups in total. The van der Waals surface area contributed by atoms with Gasteiger partial charge in [0.2, 0.25) is 5.91 Å². The number of rotatable bonds is 7. The fourth-order valence-electron chi connectivity index (χ4n) is 4.13. The molecule has 0 unspecified atom stereocenters. The van der Waals surface area contributed by atoms with Crippen molar-refractivity contribution < 1.29 is 14.3 Å². The lowest BCUT2D eigenvalue weighted by Gasteiger charge is -2.28. The van der Waals surface area contributed by atoms with Gasteiger partial charge in [0.1, 0.15) is 5.75 Å². The van der Waals surface area contributed by atoms with E-state index in [4.69, 9.17) is 4.74 Å². The van der Waals surface area contributed by atoms with E-state index in [9.17, 15) is 9.59 Å². The molecule has 0 saturated heterocycles. The van der Waals surface area contributed by atoms with Crippen LogP contribution in [0.15, 0.2) is 24.3 Å². The second-order valence-electron chi connectivity index (χ2n) is 8.43. The molecule has 160 valence electrons. The first kappa shape index (κ1) is 20.4. The van der Waals surface area contributed by atoms with Gasteiger partial charge in [-0.25, -0.2) is 4.98 Å². The minimum atomic E-state index is -0.166. The predicted molar refractivity (Wildman–Crippen MR) is 113 cm³/mol. The number of ether oxygens (including phenoxy) is 1. The molecule has 0 spiro atoms. The molecular formula is C23H30N4O3. The van der Waals surface area contributed by atoms with Crippen LogP contribution in [0.3, 0.4) is 0 Å². The van der Waals surface area contributed by atoms with Crippen molar-refractivity contribution in [3.63, 3.8) is 0 Å². The third kappa shape index (κ3) is 4.20.